The van der Waals surface area contributed by atoms with E-state index in [0.717, 1.165) is 30.8 Å². The Hall–Kier alpha value is -0.250. The van der Waals surface area contributed by atoms with Crippen molar-refractivity contribution in [2.45, 2.75) is 13.0 Å². The molecule has 1 aromatic rings. The fourth-order valence-electron chi connectivity index (χ4n) is 0.948. The normalized spacial score (nSPS) is 10.3. The summed E-state index contributed by atoms with van der Waals surface area (Å²) in [5, 5.41) is 3.83. The highest BCUT2D eigenvalue weighted by Crippen LogP contribution is 2.04. The Bertz CT molecular complexity index is 238. The van der Waals surface area contributed by atoms with Crippen molar-refractivity contribution in [2.75, 3.05) is 12.3 Å². The average molecular weight is 217 g/mol. The van der Waals surface area contributed by atoms with Crippen molar-refractivity contribution in [2.24, 2.45) is 0 Å². The molecule has 0 aromatic carbocycles. The van der Waals surface area contributed by atoms with Gasteiger partial charge in [-0.25, -0.2) is 4.98 Å². The zero-order valence-corrected chi connectivity index (χ0v) is 8.98. The van der Waals surface area contributed by atoms with Gasteiger partial charge in [0.25, 0.3) is 0 Å². The van der Waals surface area contributed by atoms with E-state index in [9.17, 15) is 0 Å². The Kier molecular flexibility index (Phi) is 5.20. The van der Waals surface area contributed by atoms with Gasteiger partial charge in [-0.2, -0.15) is 12.6 Å². The third-order valence-corrected chi connectivity index (χ3v) is 2.17. The van der Waals surface area contributed by atoms with Crippen LogP contribution in [0.25, 0.3) is 0 Å². The van der Waals surface area contributed by atoms with Crippen LogP contribution in [0.4, 0.5) is 0 Å². The van der Waals surface area contributed by atoms with Crippen LogP contribution in [0.5, 0.6) is 0 Å². The smallest absolute Gasteiger partial charge is 0.129 e. The molecule has 0 saturated carbocycles. The van der Waals surface area contributed by atoms with Crippen molar-refractivity contribution in [3.8, 4) is 0 Å². The second-order valence-electron chi connectivity index (χ2n) is 2.74. The topological polar surface area (TPSA) is 24.9 Å². The average Bonchev–Trinajstić information content (AvgIpc) is 2.15. The van der Waals surface area contributed by atoms with Crippen LogP contribution in [-0.4, -0.2) is 17.3 Å². The Labute approximate surface area is 89.1 Å². The molecular formula is C9H13ClN2S. The van der Waals surface area contributed by atoms with Crippen LogP contribution in [0.1, 0.15) is 12.0 Å². The van der Waals surface area contributed by atoms with E-state index in [-0.39, 0.29) is 0 Å². The van der Waals surface area contributed by atoms with Crippen LogP contribution in [0, 0.1) is 0 Å². The van der Waals surface area contributed by atoms with E-state index < -0.39 is 0 Å². The maximum atomic E-state index is 5.65. The van der Waals surface area contributed by atoms with E-state index in [2.05, 4.69) is 22.9 Å². The minimum atomic E-state index is 0.541. The van der Waals surface area contributed by atoms with Crippen molar-refractivity contribution < 1.29 is 0 Å². The van der Waals surface area contributed by atoms with Gasteiger partial charge in [0.2, 0.25) is 0 Å². The predicted octanol–water partition coefficient (Wildman–Crippen LogP) is 2.14. The summed E-state index contributed by atoms with van der Waals surface area (Å²) >= 11 is 9.78. The van der Waals surface area contributed by atoms with Crippen molar-refractivity contribution >= 4 is 24.2 Å². The van der Waals surface area contributed by atoms with Gasteiger partial charge in [0.05, 0.1) is 0 Å². The Morgan fingerprint density at radius 2 is 2.31 bits per heavy atom. The highest BCUT2D eigenvalue weighted by molar-refractivity contribution is 7.80. The SMILES string of the molecule is SCCCNCc1ccc(Cl)nc1. The van der Waals surface area contributed by atoms with Crippen molar-refractivity contribution in [1.82, 2.24) is 10.3 Å². The first-order valence-corrected chi connectivity index (χ1v) is 5.26. The molecule has 0 bridgehead atoms. The summed E-state index contributed by atoms with van der Waals surface area (Å²) in [7, 11) is 0. The maximum Gasteiger partial charge on any atom is 0.129 e. The number of hydrogen-bond donors (Lipinski definition) is 2. The fourth-order valence-corrected chi connectivity index (χ4v) is 1.22. The summed E-state index contributed by atoms with van der Waals surface area (Å²) in [6.07, 6.45) is 2.88. The summed E-state index contributed by atoms with van der Waals surface area (Å²) < 4.78 is 0. The van der Waals surface area contributed by atoms with Gasteiger partial charge in [0, 0.05) is 12.7 Å². The number of nitrogens with zero attached hydrogens (tertiary/aromatic N) is 1. The molecule has 0 unspecified atom stereocenters. The van der Waals surface area contributed by atoms with Gasteiger partial charge in [-0.3, -0.25) is 0 Å². The van der Waals surface area contributed by atoms with Gasteiger partial charge in [-0.15, -0.1) is 0 Å². The minimum absolute atomic E-state index is 0.541. The van der Waals surface area contributed by atoms with E-state index in [0.29, 0.717) is 5.15 Å². The van der Waals surface area contributed by atoms with E-state index >= 15 is 0 Å². The van der Waals surface area contributed by atoms with Crippen LogP contribution in [0.15, 0.2) is 18.3 Å². The van der Waals surface area contributed by atoms with E-state index in [4.69, 9.17) is 11.6 Å². The van der Waals surface area contributed by atoms with Crippen molar-refractivity contribution in [3.63, 3.8) is 0 Å². The number of thiol groups is 1. The van der Waals surface area contributed by atoms with Crippen molar-refractivity contribution in [3.05, 3.63) is 29.0 Å². The molecular weight excluding hydrogens is 204 g/mol. The lowest BCUT2D eigenvalue weighted by molar-refractivity contribution is 0.678. The monoisotopic (exact) mass is 216 g/mol. The number of aromatic nitrogens is 1. The Morgan fingerprint density at radius 3 is 2.92 bits per heavy atom. The minimum Gasteiger partial charge on any atom is -0.313 e. The summed E-state index contributed by atoms with van der Waals surface area (Å²) in [5.41, 5.74) is 1.16. The maximum absolute atomic E-state index is 5.65. The first kappa shape index (κ1) is 10.8. The lowest BCUT2D eigenvalue weighted by Crippen LogP contribution is -2.15. The molecule has 1 heterocycles. The third kappa shape index (κ3) is 4.50. The van der Waals surface area contributed by atoms with Crippen LogP contribution >= 0.6 is 24.2 Å². The second kappa shape index (κ2) is 6.24. The highest BCUT2D eigenvalue weighted by Gasteiger charge is 1.92. The van der Waals surface area contributed by atoms with Crippen LogP contribution in [0.3, 0.4) is 0 Å². The van der Waals surface area contributed by atoms with Crippen LogP contribution in [-0.2, 0) is 6.54 Å². The number of halogens is 1. The lowest BCUT2D eigenvalue weighted by Gasteiger charge is -2.02. The quantitative estimate of drug-likeness (QED) is 0.448. The molecule has 0 amide bonds. The van der Waals surface area contributed by atoms with Crippen LogP contribution < -0.4 is 5.32 Å². The van der Waals surface area contributed by atoms with Gasteiger partial charge in [-0.1, -0.05) is 17.7 Å². The first-order valence-electron chi connectivity index (χ1n) is 4.25. The molecule has 0 radical (unpaired) electrons. The highest BCUT2D eigenvalue weighted by atomic mass is 35.5. The number of hydrogen-bond acceptors (Lipinski definition) is 3. The summed E-state index contributed by atoms with van der Waals surface area (Å²) in [6, 6.07) is 3.78. The zero-order valence-electron chi connectivity index (χ0n) is 7.33. The van der Waals surface area contributed by atoms with Gasteiger partial charge in [0.15, 0.2) is 0 Å². The Balaban J connectivity index is 2.25. The molecule has 0 aliphatic carbocycles. The third-order valence-electron chi connectivity index (χ3n) is 1.63. The zero-order chi connectivity index (χ0) is 9.52. The van der Waals surface area contributed by atoms with Crippen LogP contribution in [0.2, 0.25) is 5.15 Å². The molecule has 0 aliphatic rings. The first-order chi connectivity index (χ1) is 6.33. The molecule has 72 valence electrons. The van der Waals surface area contributed by atoms with Gasteiger partial charge in [-0.05, 0) is 30.3 Å². The lowest BCUT2D eigenvalue weighted by atomic mass is 10.3. The van der Waals surface area contributed by atoms with Gasteiger partial charge < -0.3 is 5.32 Å². The predicted molar refractivity (Wildman–Crippen MR) is 59.4 cm³/mol. The van der Waals surface area contributed by atoms with E-state index in [1.54, 1.807) is 12.3 Å². The molecule has 0 saturated heterocycles. The summed E-state index contributed by atoms with van der Waals surface area (Å²) in [5.74, 6) is 0.922. The largest absolute Gasteiger partial charge is 0.313 e. The molecule has 0 fully saturated rings. The summed E-state index contributed by atoms with van der Waals surface area (Å²) in [4.78, 5) is 3.99. The Morgan fingerprint density at radius 1 is 1.46 bits per heavy atom. The molecule has 0 spiro atoms. The second-order valence-corrected chi connectivity index (χ2v) is 3.58. The molecule has 0 aliphatic heterocycles. The fraction of sp³-hybridized carbons (Fsp3) is 0.444. The molecule has 0 atom stereocenters. The summed E-state index contributed by atoms with van der Waals surface area (Å²) in [6.45, 7) is 1.84. The van der Waals surface area contributed by atoms with Gasteiger partial charge in [0.1, 0.15) is 5.15 Å². The molecule has 13 heavy (non-hydrogen) atoms. The van der Waals surface area contributed by atoms with E-state index in [1.807, 2.05) is 6.07 Å². The number of rotatable bonds is 5. The molecule has 1 aromatic heterocycles. The van der Waals surface area contributed by atoms with Gasteiger partial charge >= 0.3 is 0 Å². The molecule has 2 nitrogen and oxygen atoms in total. The molecule has 1 rings (SSSR count). The molecule has 4 heteroatoms. The van der Waals surface area contributed by atoms with E-state index in [1.165, 1.54) is 0 Å². The molecule has 1 N–H and O–H groups in total. The number of pyridine rings is 1. The van der Waals surface area contributed by atoms with Crippen molar-refractivity contribution in [1.29, 1.82) is 0 Å². The number of nitrogens with one attached hydrogen (secondary N) is 1. The standard InChI is InChI=1S/C9H13ClN2S/c10-9-3-2-8(7-12-9)6-11-4-1-5-13/h2-3,7,11,13H,1,4-6H2.